The van der Waals surface area contributed by atoms with Crippen LogP contribution in [0.1, 0.15) is 55.3 Å². The van der Waals surface area contributed by atoms with Gasteiger partial charge in [-0.1, -0.05) is 12.5 Å². The number of likely N-dealkylation sites (tertiary alicyclic amines) is 2. The Bertz CT molecular complexity index is 1230. The van der Waals surface area contributed by atoms with E-state index in [-0.39, 0.29) is 42.4 Å². The first-order valence-electron chi connectivity index (χ1n) is 13.7. The molecule has 2 N–H and O–H groups in total. The SMILES string of the molecule is NC(=O)C1CCCN1C(=O)c1ccc(-c2cnc(OCC3CCN(CC4(C(F)(F)F)CCC4)CC3)nc2)c(F)c1. The number of alkyl halides is 3. The number of nitrogens with zero attached hydrogens (tertiary/aromatic N) is 4. The molecule has 0 spiro atoms. The Kier molecular flexibility index (Phi) is 7.98. The van der Waals surface area contributed by atoms with Gasteiger partial charge in [-0.15, -0.1) is 0 Å². The molecule has 1 aliphatic carbocycles. The lowest BCUT2D eigenvalue weighted by Gasteiger charge is -2.47. The molecule has 5 rings (SSSR count). The fourth-order valence-electron chi connectivity index (χ4n) is 5.95. The van der Waals surface area contributed by atoms with Crippen molar-refractivity contribution in [2.24, 2.45) is 17.1 Å². The Morgan fingerprint density at radius 3 is 2.33 bits per heavy atom. The van der Waals surface area contributed by atoms with Gasteiger partial charge in [-0.05, 0) is 69.7 Å². The van der Waals surface area contributed by atoms with Gasteiger partial charge in [-0.3, -0.25) is 9.59 Å². The van der Waals surface area contributed by atoms with E-state index in [4.69, 9.17) is 10.5 Å². The molecule has 2 amide bonds. The van der Waals surface area contributed by atoms with Gasteiger partial charge in [0.15, 0.2) is 0 Å². The molecule has 1 aromatic heterocycles. The Morgan fingerprint density at radius 1 is 1.05 bits per heavy atom. The van der Waals surface area contributed by atoms with Gasteiger partial charge in [0, 0.05) is 42.2 Å². The Morgan fingerprint density at radius 2 is 1.75 bits per heavy atom. The quantitative estimate of drug-likeness (QED) is 0.484. The number of carbonyl (C=O) groups is 2. The van der Waals surface area contributed by atoms with Gasteiger partial charge in [0.25, 0.3) is 5.91 Å². The molecule has 3 heterocycles. The molecule has 40 heavy (non-hydrogen) atoms. The second-order valence-electron chi connectivity index (χ2n) is 11.2. The minimum Gasteiger partial charge on any atom is -0.463 e. The lowest BCUT2D eigenvalue weighted by molar-refractivity contribution is -0.256. The van der Waals surface area contributed by atoms with Crippen molar-refractivity contribution in [1.82, 2.24) is 19.8 Å². The van der Waals surface area contributed by atoms with Crippen molar-refractivity contribution in [2.45, 2.75) is 57.2 Å². The maximum absolute atomic E-state index is 14.9. The minimum atomic E-state index is -4.15. The number of hydrogen-bond acceptors (Lipinski definition) is 6. The number of hydrogen-bond donors (Lipinski definition) is 1. The van der Waals surface area contributed by atoms with Crippen molar-refractivity contribution in [3.8, 4) is 17.1 Å². The Labute approximate surface area is 229 Å². The molecule has 8 nitrogen and oxygen atoms in total. The summed E-state index contributed by atoms with van der Waals surface area (Å²) in [5.74, 6) is -1.45. The maximum Gasteiger partial charge on any atom is 0.395 e. The highest BCUT2D eigenvalue weighted by atomic mass is 19.4. The Balaban J connectivity index is 1.12. The zero-order valence-corrected chi connectivity index (χ0v) is 22.1. The van der Waals surface area contributed by atoms with Gasteiger partial charge in [0.2, 0.25) is 5.91 Å². The summed E-state index contributed by atoms with van der Waals surface area (Å²) in [7, 11) is 0. The number of carbonyl (C=O) groups excluding carboxylic acids is 2. The molecule has 216 valence electrons. The van der Waals surface area contributed by atoms with Crippen molar-refractivity contribution in [1.29, 1.82) is 0 Å². The van der Waals surface area contributed by atoms with Crippen LogP contribution in [0.15, 0.2) is 30.6 Å². The fraction of sp³-hybridized carbons (Fsp3) is 0.571. The smallest absolute Gasteiger partial charge is 0.395 e. The van der Waals surface area contributed by atoms with Crippen LogP contribution in [-0.4, -0.2) is 76.6 Å². The van der Waals surface area contributed by atoms with E-state index in [0.717, 1.165) is 18.9 Å². The van der Waals surface area contributed by atoms with Crippen LogP contribution in [-0.2, 0) is 4.79 Å². The van der Waals surface area contributed by atoms with Crippen LogP contribution >= 0.6 is 0 Å². The van der Waals surface area contributed by atoms with E-state index in [2.05, 4.69) is 9.97 Å². The van der Waals surface area contributed by atoms with E-state index in [1.165, 1.54) is 29.4 Å². The first-order valence-corrected chi connectivity index (χ1v) is 13.7. The maximum atomic E-state index is 14.9. The molecule has 1 aromatic carbocycles. The van der Waals surface area contributed by atoms with Crippen LogP contribution in [0.2, 0.25) is 0 Å². The Hall–Kier alpha value is -3.28. The number of amides is 2. The highest BCUT2D eigenvalue weighted by molar-refractivity contribution is 5.98. The number of benzene rings is 1. The number of aromatic nitrogens is 2. The normalized spacial score (nSPS) is 21.7. The first kappa shape index (κ1) is 28.3. The van der Waals surface area contributed by atoms with E-state index < -0.39 is 35.3 Å². The average molecular weight is 564 g/mol. The predicted molar refractivity (Wildman–Crippen MR) is 138 cm³/mol. The molecular formula is C28H33F4N5O3. The number of nitrogens with two attached hydrogens (primary N) is 1. The van der Waals surface area contributed by atoms with E-state index in [1.54, 1.807) is 0 Å². The largest absolute Gasteiger partial charge is 0.463 e. The van der Waals surface area contributed by atoms with Gasteiger partial charge in [-0.2, -0.15) is 13.2 Å². The summed E-state index contributed by atoms with van der Waals surface area (Å²) in [6.07, 6.45) is 2.41. The van der Waals surface area contributed by atoms with E-state index in [0.29, 0.717) is 51.1 Å². The van der Waals surface area contributed by atoms with Gasteiger partial charge in [-0.25, -0.2) is 14.4 Å². The monoisotopic (exact) mass is 563 g/mol. The molecule has 12 heteroatoms. The van der Waals surface area contributed by atoms with Crippen LogP contribution in [0.4, 0.5) is 17.6 Å². The molecule has 2 aromatic rings. The van der Waals surface area contributed by atoms with Crippen molar-refractivity contribution >= 4 is 11.8 Å². The summed E-state index contributed by atoms with van der Waals surface area (Å²) in [6.45, 7) is 2.02. The number of rotatable bonds is 8. The second kappa shape index (κ2) is 11.3. The third-order valence-corrected chi connectivity index (χ3v) is 8.59. The highest BCUT2D eigenvalue weighted by Gasteiger charge is 2.58. The topological polar surface area (TPSA) is 102 Å². The summed E-state index contributed by atoms with van der Waals surface area (Å²) in [5.41, 5.74) is 4.60. The summed E-state index contributed by atoms with van der Waals surface area (Å²) in [4.78, 5) is 36.1. The average Bonchev–Trinajstić information content (AvgIpc) is 3.40. The predicted octanol–water partition coefficient (Wildman–Crippen LogP) is 4.20. The van der Waals surface area contributed by atoms with Crippen molar-refractivity contribution in [3.63, 3.8) is 0 Å². The van der Waals surface area contributed by atoms with Crippen molar-refractivity contribution in [2.75, 3.05) is 32.8 Å². The second-order valence-corrected chi connectivity index (χ2v) is 11.2. The van der Waals surface area contributed by atoms with Crippen LogP contribution < -0.4 is 10.5 Å². The van der Waals surface area contributed by atoms with Crippen LogP contribution in [0.3, 0.4) is 0 Å². The third-order valence-electron chi connectivity index (χ3n) is 8.59. The standard InChI is InChI=1S/C28H33F4N5O3/c29-22-13-19(25(39)37-10-1-3-23(37)24(33)38)4-5-21(22)20-14-34-26(35-15-20)40-16-18-6-11-36(12-7-18)17-27(8-2-9-27)28(30,31)32/h4-5,13-15,18,23H,1-3,6-12,16-17H2,(H2,33,38). The molecule has 1 saturated carbocycles. The summed E-state index contributed by atoms with van der Waals surface area (Å²) in [5, 5.41) is 0. The molecule has 2 aliphatic heterocycles. The molecular weight excluding hydrogens is 530 g/mol. The molecule has 2 saturated heterocycles. The van der Waals surface area contributed by atoms with Crippen LogP contribution in [0.25, 0.3) is 11.1 Å². The van der Waals surface area contributed by atoms with Crippen LogP contribution in [0, 0.1) is 17.2 Å². The summed E-state index contributed by atoms with van der Waals surface area (Å²) in [6, 6.07) is 3.55. The van der Waals surface area contributed by atoms with E-state index in [9.17, 15) is 27.2 Å². The number of ether oxygens (including phenoxy) is 1. The lowest BCUT2D eigenvalue weighted by atomic mass is 9.67. The molecule has 0 bridgehead atoms. The van der Waals surface area contributed by atoms with Gasteiger partial charge < -0.3 is 20.3 Å². The van der Waals surface area contributed by atoms with Gasteiger partial charge in [0.1, 0.15) is 11.9 Å². The molecule has 1 unspecified atom stereocenters. The van der Waals surface area contributed by atoms with Crippen molar-refractivity contribution in [3.05, 3.63) is 42.0 Å². The first-order chi connectivity index (χ1) is 19.1. The number of primary amides is 1. The van der Waals surface area contributed by atoms with Crippen LogP contribution in [0.5, 0.6) is 6.01 Å². The van der Waals surface area contributed by atoms with E-state index >= 15 is 0 Å². The fourth-order valence-corrected chi connectivity index (χ4v) is 5.95. The number of halogens is 4. The molecule has 3 fully saturated rings. The third kappa shape index (κ3) is 5.77. The minimum absolute atomic E-state index is 0.0759. The zero-order chi connectivity index (χ0) is 28.5. The highest BCUT2D eigenvalue weighted by Crippen LogP contribution is 2.53. The summed E-state index contributed by atoms with van der Waals surface area (Å²) >= 11 is 0. The number of piperidine rings is 1. The molecule has 0 radical (unpaired) electrons. The molecule has 3 aliphatic rings. The van der Waals surface area contributed by atoms with Gasteiger partial charge in [0.05, 0.1) is 12.0 Å². The lowest BCUT2D eigenvalue weighted by Crippen LogP contribution is -2.53. The zero-order valence-electron chi connectivity index (χ0n) is 22.1. The van der Waals surface area contributed by atoms with Gasteiger partial charge >= 0.3 is 12.2 Å². The van der Waals surface area contributed by atoms with Crippen molar-refractivity contribution < 1.29 is 31.9 Å². The van der Waals surface area contributed by atoms with E-state index in [1.807, 2.05) is 4.90 Å². The molecule has 1 atom stereocenters. The summed E-state index contributed by atoms with van der Waals surface area (Å²) < 4.78 is 61.1.